The number of benzene rings is 2. The monoisotopic (exact) mass is 370 g/mol. The van der Waals surface area contributed by atoms with E-state index in [0.29, 0.717) is 11.6 Å². The van der Waals surface area contributed by atoms with Crippen LogP contribution in [-0.2, 0) is 10.0 Å². The van der Waals surface area contributed by atoms with Gasteiger partial charge in [0.1, 0.15) is 10.7 Å². The second-order valence-corrected chi connectivity index (χ2v) is 7.48. The maximum atomic E-state index is 14.0. The van der Waals surface area contributed by atoms with E-state index in [1.165, 1.54) is 0 Å². The maximum absolute atomic E-state index is 14.0. The Labute approximate surface area is 144 Å². The predicted octanol–water partition coefficient (Wildman–Crippen LogP) is 3.50. The largest absolute Gasteiger partial charge is 0.322 e. The number of carbonyl (C=O) groups is 1. The number of rotatable bonds is 4. The van der Waals surface area contributed by atoms with E-state index < -0.39 is 32.2 Å². The zero-order chi connectivity index (χ0) is 18.1. The average molecular weight is 371 g/mol. The van der Waals surface area contributed by atoms with Crippen molar-refractivity contribution in [3.8, 4) is 0 Å². The number of hydrogen-bond donors (Lipinski definition) is 2. The summed E-state index contributed by atoms with van der Waals surface area (Å²) >= 11 is 5.67. The van der Waals surface area contributed by atoms with E-state index in [2.05, 4.69) is 5.32 Å². The molecule has 0 aliphatic heterocycles. The van der Waals surface area contributed by atoms with Crippen LogP contribution in [0.2, 0.25) is 5.02 Å². The van der Waals surface area contributed by atoms with Gasteiger partial charge in [0.2, 0.25) is 10.0 Å². The van der Waals surface area contributed by atoms with Crippen LogP contribution in [0.1, 0.15) is 35.7 Å². The number of hydrogen-bond acceptors (Lipinski definition) is 3. The van der Waals surface area contributed by atoms with Gasteiger partial charge in [-0.25, -0.2) is 17.9 Å². The maximum Gasteiger partial charge on any atom is 0.258 e. The van der Waals surface area contributed by atoms with Crippen molar-refractivity contribution in [1.82, 2.24) is 0 Å². The van der Waals surface area contributed by atoms with Gasteiger partial charge >= 0.3 is 0 Å². The van der Waals surface area contributed by atoms with Crippen LogP contribution in [0.25, 0.3) is 0 Å². The zero-order valence-corrected chi connectivity index (χ0v) is 14.6. The van der Waals surface area contributed by atoms with Gasteiger partial charge < -0.3 is 5.32 Å². The number of amides is 1. The van der Waals surface area contributed by atoms with Crippen LogP contribution in [0, 0.1) is 5.82 Å². The van der Waals surface area contributed by atoms with Crippen LogP contribution in [0.15, 0.2) is 41.3 Å². The van der Waals surface area contributed by atoms with E-state index in [0.717, 1.165) is 17.7 Å². The summed E-state index contributed by atoms with van der Waals surface area (Å²) in [5, 5.41) is 7.13. The number of carbonyl (C=O) groups excluding carboxylic acids is 1. The summed E-state index contributed by atoms with van der Waals surface area (Å²) in [6.07, 6.45) is 0. The normalized spacial score (nSPS) is 11.6. The first-order valence-electron chi connectivity index (χ1n) is 7.02. The molecule has 128 valence electrons. The Balaban J connectivity index is 2.33. The fourth-order valence-corrected chi connectivity index (χ4v) is 3.16. The van der Waals surface area contributed by atoms with Gasteiger partial charge in [0.15, 0.2) is 0 Å². The third-order valence-corrected chi connectivity index (χ3v) is 4.78. The standard InChI is InChI=1S/C16H16ClFN2O3S/c1-9(2)10-3-5-11(6-4-10)20-16(21)12-7-15(24(19,22)23)13(17)8-14(12)18/h3-9H,1-2H3,(H,20,21)(H2,19,22,23). The molecule has 2 rings (SSSR count). The van der Waals surface area contributed by atoms with Crippen molar-refractivity contribution in [3.63, 3.8) is 0 Å². The van der Waals surface area contributed by atoms with Gasteiger partial charge in [0, 0.05) is 5.69 Å². The minimum atomic E-state index is -4.17. The molecule has 1 amide bonds. The predicted molar refractivity (Wildman–Crippen MR) is 91.3 cm³/mol. The molecule has 2 aromatic carbocycles. The van der Waals surface area contributed by atoms with Gasteiger partial charge in [0.25, 0.3) is 5.91 Å². The molecule has 8 heteroatoms. The second-order valence-electron chi connectivity index (χ2n) is 5.54. The summed E-state index contributed by atoms with van der Waals surface area (Å²) < 4.78 is 36.8. The van der Waals surface area contributed by atoms with Gasteiger partial charge in [0.05, 0.1) is 10.6 Å². The zero-order valence-electron chi connectivity index (χ0n) is 13.0. The van der Waals surface area contributed by atoms with Crippen LogP contribution in [0.3, 0.4) is 0 Å². The molecule has 2 aromatic rings. The summed E-state index contributed by atoms with van der Waals surface area (Å²) in [4.78, 5) is 11.7. The molecular weight excluding hydrogens is 355 g/mol. The van der Waals surface area contributed by atoms with Crippen molar-refractivity contribution in [1.29, 1.82) is 0 Å². The van der Waals surface area contributed by atoms with Crippen molar-refractivity contribution in [3.05, 3.63) is 58.4 Å². The van der Waals surface area contributed by atoms with Gasteiger partial charge in [-0.3, -0.25) is 4.79 Å². The highest BCUT2D eigenvalue weighted by Gasteiger charge is 2.20. The molecule has 0 bridgehead atoms. The summed E-state index contributed by atoms with van der Waals surface area (Å²) in [5.41, 5.74) is 1.08. The fourth-order valence-electron chi connectivity index (χ4n) is 2.07. The highest BCUT2D eigenvalue weighted by molar-refractivity contribution is 7.89. The molecule has 0 atom stereocenters. The van der Waals surface area contributed by atoms with E-state index >= 15 is 0 Å². The van der Waals surface area contributed by atoms with Gasteiger partial charge in [-0.2, -0.15) is 0 Å². The first-order valence-corrected chi connectivity index (χ1v) is 8.95. The molecule has 0 saturated carbocycles. The van der Waals surface area contributed by atoms with Crippen molar-refractivity contribution >= 4 is 33.2 Å². The second kappa shape index (κ2) is 6.88. The number of primary sulfonamides is 1. The van der Waals surface area contributed by atoms with Crippen LogP contribution in [-0.4, -0.2) is 14.3 Å². The number of nitrogens with one attached hydrogen (secondary N) is 1. The quantitative estimate of drug-likeness (QED) is 0.863. The van der Waals surface area contributed by atoms with E-state index in [-0.39, 0.29) is 5.02 Å². The Morgan fingerprint density at radius 1 is 1.21 bits per heavy atom. The van der Waals surface area contributed by atoms with E-state index in [1.807, 2.05) is 26.0 Å². The fraction of sp³-hybridized carbons (Fsp3) is 0.188. The Morgan fingerprint density at radius 3 is 2.29 bits per heavy atom. The third kappa shape index (κ3) is 4.11. The summed E-state index contributed by atoms with van der Waals surface area (Å²) in [6, 6.07) is 8.62. The first kappa shape index (κ1) is 18.4. The minimum Gasteiger partial charge on any atom is -0.322 e. The molecular formula is C16H16ClFN2O3S. The average Bonchev–Trinajstić information content (AvgIpc) is 2.46. The molecule has 0 heterocycles. The lowest BCUT2D eigenvalue weighted by Crippen LogP contribution is -2.18. The summed E-state index contributed by atoms with van der Waals surface area (Å²) in [5.74, 6) is -1.41. The smallest absolute Gasteiger partial charge is 0.258 e. The van der Waals surface area contributed by atoms with Crippen molar-refractivity contribution < 1.29 is 17.6 Å². The van der Waals surface area contributed by atoms with Crippen LogP contribution >= 0.6 is 11.6 Å². The summed E-state index contributed by atoms with van der Waals surface area (Å²) in [7, 11) is -4.17. The lowest BCUT2D eigenvalue weighted by Gasteiger charge is -2.10. The third-order valence-electron chi connectivity index (χ3n) is 3.41. The molecule has 0 fully saturated rings. The van der Waals surface area contributed by atoms with Crippen LogP contribution < -0.4 is 10.5 Å². The molecule has 0 unspecified atom stereocenters. The Kier molecular flexibility index (Phi) is 5.27. The molecule has 0 aliphatic carbocycles. The Bertz CT molecular complexity index is 881. The molecule has 0 spiro atoms. The molecule has 0 aromatic heterocycles. The highest BCUT2D eigenvalue weighted by Crippen LogP contribution is 2.25. The van der Waals surface area contributed by atoms with E-state index in [9.17, 15) is 17.6 Å². The lowest BCUT2D eigenvalue weighted by molar-refractivity contribution is 0.102. The van der Waals surface area contributed by atoms with E-state index in [1.54, 1.807) is 12.1 Å². The van der Waals surface area contributed by atoms with Crippen molar-refractivity contribution in [2.45, 2.75) is 24.7 Å². The topological polar surface area (TPSA) is 89.3 Å². The summed E-state index contributed by atoms with van der Waals surface area (Å²) in [6.45, 7) is 4.07. The molecule has 0 aliphatic rings. The Hall–Kier alpha value is -1.96. The molecule has 5 nitrogen and oxygen atoms in total. The number of nitrogens with two attached hydrogens (primary N) is 1. The lowest BCUT2D eigenvalue weighted by atomic mass is 10.0. The highest BCUT2D eigenvalue weighted by atomic mass is 35.5. The SMILES string of the molecule is CC(C)c1ccc(NC(=O)c2cc(S(N)(=O)=O)c(Cl)cc2F)cc1. The van der Waals surface area contributed by atoms with Crippen molar-refractivity contribution in [2.75, 3.05) is 5.32 Å². The van der Waals surface area contributed by atoms with E-state index in [4.69, 9.17) is 16.7 Å². The molecule has 0 saturated heterocycles. The number of halogens is 2. The van der Waals surface area contributed by atoms with Crippen LogP contribution in [0.4, 0.5) is 10.1 Å². The van der Waals surface area contributed by atoms with Gasteiger partial charge in [-0.05, 0) is 35.7 Å². The number of anilines is 1. The van der Waals surface area contributed by atoms with Crippen LogP contribution in [0.5, 0.6) is 0 Å². The molecule has 0 radical (unpaired) electrons. The first-order chi connectivity index (χ1) is 11.1. The number of sulfonamides is 1. The minimum absolute atomic E-state index is 0.334. The van der Waals surface area contributed by atoms with Gasteiger partial charge in [-0.1, -0.05) is 37.6 Å². The Morgan fingerprint density at radius 2 is 1.79 bits per heavy atom. The molecule has 24 heavy (non-hydrogen) atoms. The van der Waals surface area contributed by atoms with Gasteiger partial charge in [-0.15, -0.1) is 0 Å². The molecule has 3 N–H and O–H groups in total. The van der Waals surface area contributed by atoms with Crippen molar-refractivity contribution in [2.24, 2.45) is 5.14 Å².